The molecule has 4 heterocycles. The molecule has 2 aliphatic rings. The summed E-state index contributed by atoms with van der Waals surface area (Å²) in [5, 5.41) is 12.5. The van der Waals surface area contributed by atoms with Crippen LogP contribution < -0.4 is 9.80 Å². The smallest absolute Gasteiger partial charge is 0.230 e. The summed E-state index contributed by atoms with van der Waals surface area (Å²) in [6.45, 7) is 2.48. The highest BCUT2D eigenvalue weighted by atomic mass is 32.2. The lowest BCUT2D eigenvalue weighted by atomic mass is 9.95. The predicted molar refractivity (Wildman–Crippen MR) is 110 cm³/mol. The Kier molecular flexibility index (Phi) is 4.64. The van der Waals surface area contributed by atoms with Crippen molar-refractivity contribution in [3.05, 3.63) is 42.7 Å². The second-order valence-corrected chi connectivity index (χ2v) is 8.38. The number of amides is 1. The average molecular weight is 395 g/mol. The highest BCUT2D eigenvalue weighted by Crippen LogP contribution is 2.35. The molecule has 28 heavy (non-hydrogen) atoms. The van der Waals surface area contributed by atoms with Gasteiger partial charge in [-0.2, -0.15) is 4.52 Å². The van der Waals surface area contributed by atoms with Crippen molar-refractivity contribution in [1.29, 1.82) is 0 Å². The van der Waals surface area contributed by atoms with Crippen molar-refractivity contribution < 1.29 is 4.79 Å². The number of rotatable bonds is 2. The van der Waals surface area contributed by atoms with Crippen molar-refractivity contribution in [3.63, 3.8) is 0 Å². The fourth-order valence-electron chi connectivity index (χ4n) is 4.02. The van der Waals surface area contributed by atoms with Gasteiger partial charge in [-0.15, -0.1) is 27.1 Å². The molecule has 0 spiro atoms. The summed E-state index contributed by atoms with van der Waals surface area (Å²) in [4.78, 5) is 18.8. The first-order valence-electron chi connectivity index (χ1n) is 9.75. The molecule has 1 aromatic carbocycles. The van der Waals surface area contributed by atoms with Gasteiger partial charge in [-0.05, 0) is 49.3 Å². The number of hydrogen-bond donors (Lipinski definition) is 0. The molecular formula is C20H22N6OS. The number of anilines is 2. The number of carbonyl (C=O) groups is 1. The Labute approximate surface area is 167 Å². The molecule has 0 atom stereocenters. The fourth-order valence-corrected chi connectivity index (χ4v) is 5.01. The number of fused-ring (bicyclic) bond motifs is 2. The van der Waals surface area contributed by atoms with Crippen molar-refractivity contribution in [1.82, 2.24) is 19.8 Å². The normalized spacial score (nSPS) is 18.1. The van der Waals surface area contributed by atoms with E-state index in [1.807, 2.05) is 34.9 Å². The monoisotopic (exact) mass is 394 g/mol. The average Bonchev–Trinajstić information content (AvgIpc) is 3.11. The van der Waals surface area contributed by atoms with Crippen LogP contribution in [0.25, 0.3) is 5.65 Å². The SMILES string of the molecule is O=C(C1CCN(c2ccc3nncn3n2)CC1)N1CCCSc2ccccc21. The highest BCUT2D eigenvalue weighted by Gasteiger charge is 2.31. The maximum absolute atomic E-state index is 13.3. The number of piperidine rings is 1. The summed E-state index contributed by atoms with van der Waals surface area (Å²) in [6.07, 6.45) is 4.36. The number of hydrogen-bond acceptors (Lipinski definition) is 6. The molecule has 1 fully saturated rings. The zero-order chi connectivity index (χ0) is 18.9. The topological polar surface area (TPSA) is 66.6 Å². The molecule has 1 saturated heterocycles. The number of nitrogens with zero attached hydrogens (tertiary/aromatic N) is 6. The predicted octanol–water partition coefficient (Wildman–Crippen LogP) is 2.87. The van der Waals surface area contributed by atoms with Crippen LogP contribution in [-0.4, -0.2) is 51.1 Å². The molecule has 8 heteroatoms. The van der Waals surface area contributed by atoms with E-state index < -0.39 is 0 Å². The minimum Gasteiger partial charge on any atom is -0.355 e. The summed E-state index contributed by atoms with van der Waals surface area (Å²) in [7, 11) is 0. The molecule has 0 bridgehead atoms. The summed E-state index contributed by atoms with van der Waals surface area (Å²) in [6, 6.07) is 12.2. The van der Waals surface area contributed by atoms with Crippen molar-refractivity contribution >= 4 is 34.8 Å². The molecule has 0 saturated carbocycles. The van der Waals surface area contributed by atoms with Crippen molar-refractivity contribution in [2.45, 2.75) is 24.2 Å². The second-order valence-electron chi connectivity index (χ2n) is 7.25. The highest BCUT2D eigenvalue weighted by molar-refractivity contribution is 7.99. The summed E-state index contributed by atoms with van der Waals surface area (Å²) < 4.78 is 1.69. The zero-order valence-corrected chi connectivity index (χ0v) is 16.4. The minimum absolute atomic E-state index is 0.0750. The van der Waals surface area contributed by atoms with Crippen molar-refractivity contribution in [3.8, 4) is 0 Å². The van der Waals surface area contributed by atoms with Crippen LogP contribution in [0.2, 0.25) is 0 Å². The number of carbonyl (C=O) groups excluding carboxylic acids is 1. The van der Waals surface area contributed by atoms with E-state index in [1.165, 1.54) is 4.90 Å². The first-order valence-corrected chi connectivity index (χ1v) is 10.7. The largest absolute Gasteiger partial charge is 0.355 e. The van der Waals surface area contributed by atoms with E-state index >= 15 is 0 Å². The van der Waals surface area contributed by atoms with Gasteiger partial charge in [-0.25, -0.2) is 0 Å². The molecule has 144 valence electrons. The standard InChI is InChI=1S/C20H22N6OS/c27-20(25-10-3-13-28-17-5-2-1-4-16(17)25)15-8-11-24(12-9-15)19-7-6-18-22-21-14-26(18)23-19/h1-2,4-7,14-15H,3,8-13H2. The van der Waals surface area contributed by atoms with Crippen LogP contribution in [0.3, 0.4) is 0 Å². The Bertz CT molecular complexity index is 997. The van der Waals surface area contributed by atoms with Gasteiger partial charge in [0.05, 0.1) is 5.69 Å². The third-order valence-corrected chi connectivity index (χ3v) is 6.67. The number of aromatic nitrogens is 4. The zero-order valence-electron chi connectivity index (χ0n) is 15.6. The van der Waals surface area contributed by atoms with Crippen LogP contribution >= 0.6 is 11.8 Å². The lowest BCUT2D eigenvalue weighted by Gasteiger charge is -2.34. The van der Waals surface area contributed by atoms with Crippen molar-refractivity contribution in [2.75, 3.05) is 35.2 Å². The molecule has 0 radical (unpaired) electrons. The Morgan fingerprint density at radius 3 is 2.82 bits per heavy atom. The molecule has 7 nitrogen and oxygen atoms in total. The van der Waals surface area contributed by atoms with E-state index in [2.05, 4.69) is 38.4 Å². The second kappa shape index (κ2) is 7.43. The van der Waals surface area contributed by atoms with E-state index in [4.69, 9.17) is 0 Å². The third kappa shape index (κ3) is 3.22. The lowest BCUT2D eigenvalue weighted by molar-refractivity contribution is -0.123. The molecule has 1 amide bonds. The van der Waals surface area contributed by atoms with Crippen LogP contribution in [0, 0.1) is 5.92 Å². The van der Waals surface area contributed by atoms with E-state index in [9.17, 15) is 4.79 Å². The van der Waals surface area contributed by atoms with E-state index in [-0.39, 0.29) is 11.8 Å². The molecule has 5 rings (SSSR count). The van der Waals surface area contributed by atoms with Gasteiger partial charge in [0.15, 0.2) is 5.65 Å². The van der Waals surface area contributed by atoms with Gasteiger partial charge in [0.2, 0.25) is 5.91 Å². The fraction of sp³-hybridized carbons (Fsp3) is 0.400. The maximum Gasteiger partial charge on any atom is 0.230 e. The third-order valence-electron chi connectivity index (χ3n) is 5.52. The molecule has 3 aromatic rings. The lowest BCUT2D eigenvalue weighted by Crippen LogP contribution is -2.43. The van der Waals surface area contributed by atoms with Crippen molar-refractivity contribution in [2.24, 2.45) is 5.92 Å². The van der Waals surface area contributed by atoms with E-state index in [0.717, 1.165) is 61.8 Å². The Morgan fingerprint density at radius 1 is 1.07 bits per heavy atom. The van der Waals surface area contributed by atoms with E-state index in [1.54, 1.807) is 10.8 Å². The summed E-state index contributed by atoms with van der Waals surface area (Å²) in [5.74, 6) is 2.33. The quantitative estimate of drug-likeness (QED) is 0.666. The van der Waals surface area contributed by atoms with Crippen LogP contribution in [0.15, 0.2) is 47.6 Å². The minimum atomic E-state index is 0.0750. The molecule has 0 N–H and O–H groups in total. The molecular weight excluding hydrogens is 372 g/mol. The van der Waals surface area contributed by atoms with Gasteiger partial charge in [-0.3, -0.25) is 4.79 Å². The van der Waals surface area contributed by atoms with Crippen LogP contribution in [0.5, 0.6) is 0 Å². The first-order chi connectivity index (χ1) is 13.8. The molecule has 2 aliphatic heterocycles. The van der Waals surface area contributed by atoms with Crippen LogP contribution in [-0.2, 0) is 4.79 Å². The van der Waals surface area contributed by atoms with Gasteiger partial charge in [-0.1, -0.05) is 12.1 Å². The number of para-hydroxylation sites is 1. The maximum atomic E-state index is 13.3. The number of thioether (sulfide) groups is 1. The number of benzene rings is 1. The molecule has 0 aliphatic carbocycles. The van der Waals surface area contributed by atoms with Gasteiger partial charge in [0.1, 0.15) is 12.1 Å². The summed E-state index contributed by atoms with van der Waals surface area (Å²) in [5.41, 5.74) is 1.82. The molecule has 2 aromatic heterocycles. The van der Waals surface area contributed by atoms with Gasteiger partial charge in [0, 0.05) is 30.4 Å². The van der Waals surface area contributed by atoms with Crippen LogP contribution in [0.4, 0.5) is 11.5 Å². The van der Waals surface area contributed by atoms with Gasteiger partial charge < -0.3 is 9.80 Å². The van der Waals surface area contributed by atoms with Gasteiger partial charge >= 0.3 is 0 Å². The Morgan fingerprint density at radius 2 is 1.93 bits per heavy atom. The summed E-state index contributed by atoms with van der Waals surface area (Å²) >= 11 is 1.85. The molecule has 0 unspecified atom stereocenters. The Balaban J connectivity index is 1.29. The van der Waals surface area contributed by atoms with Crippen LogP contribution in [0.1, 0.15) is 19.3 Å². The first kappa shape index (κ1) is 17.5. The van der Waals surface area contributed by atoms with E-state index in [0.29, 0.717) is 0 Å². The van der Waals surface area contributed by atoms with Gasteiger partial charge in [0.25, 0.3) is 0 Å². The Hall–Kier alpha value is -2.61.